The van der Waals surface area contributed by atoms with Gasteiger partial charge in [0.25, 0.3) is 5.56 Å². The number of allylic oxidation sites excluding steroid dienone is 1. The van der Waals surface area contributed by atoms with Crippen molar-refractivity contribution in [1.29, 1.82) is 0 Å². The molecule has 0 amide bonds. The molecule has 5 heteroatoms. The maximum Gasteiger partial charge on any atom is 0.279 e. The number of nitrogens with zero attached hydrogens (tertiary/aromatic N) is 3. The molecule has 0 bridgehead atoms. The Morgan fingerprint density at radius 2 is 2.23 bits per heavy atom. The molecule has 132 valence electrons. The molecular formula is C21H20FN3O. The van der Waals surface area contributed by atoms with E-state index < -0.39 is 0 Å². The van der Waals surface area contributed by atoms with Gasteiger partial charge in [-0.25, -0.2) is 9.37 Å². The lowest BCUT2D eigenvalue weighted by Gasteiger charge is -2.11. The number of fused-ring (bicyclic) bond motifs is 1. The fourth-order valence-corrected chi connectivity index (χ4v) is 2.99. The number of aryl methyl sites for hydroxylation is 1. The number of rotatable bonds is 2. The van der Waals surface area contributed by atoms with E-state index in [1.807, 2.05) is 6.92 Å². The minimum absolute atomic E-state index is 0.149. The summed E-state index contributed by atoms with van der Waals surface area (Å²) in [6.07, 6.45) is 5.60. The van der Waals surface area contributed by atoms with E-state index >= 15 is 0 Å². The molecule has 2 heterocycles. The summed E-state index contributed by atoms with van der Waals surface area (Å²) >= 11 is 0. The summed E-state index contributed by atoms with van der Waals surface area (Å²) in [7, 11) is 0. The van der Waals surface area contributed by atoms with Gasteiger partial charge >= 0.3 is 0 Å². The van der Waals surface area contributed by atoms with Crippen molar-refractivity contribution in [3.05, 3.63) is 63.1 Å². The number of aliphatic imine (C=N–C) groups is 1. The fourth-order valence-electron chi connectivity index (χ4n) is 2.99. The van der Waals surface area contributed by atoms with Crippen molar-refractivity contribution in [3.8, 4) is 11.8 Å². The Balaban J connectivity index is 2.00. The Kier molecular flexibility index (Phi) is 5.43. The van der Waals surface area contributed by atoms with Crippen LogP contribution in [0, 0.1) is 17.7 Å². The molecule has 1 aromatic heterocycles. The summed E-state index contributed by atoms with van der Waals surface area (Å²) in [6, 6.07) is 6.12. The maximum absolute atomic E-state index is 13.2. The van der Waals surface area contributed by atoms with Crippen LogP contribution in [0.3, 0.4) is 0 Å². The van der Waals surface area contributed by atoms with Crippen molar-refractivity contribution in [2.75, 3.05) is 0 Å². The molecule has 0 aliphatic carbocycles. The Bertz CT molecular complexity index is 993. The fraction of sp³-hybridized carbons (Fsp3) is 0.286. The highest BCUT2D eigenvalue weighted by Crippen LogP contribution is 2.19. The molecule has 1 aliphatic heterocycles. The summed E-state index contributed by atoms with van der Waals surface area (Å²) in [5.41, 5.74) is 1.90. The molecule has 0 fully saturated rings. The summed E-state index contributed by atoms with van der Waals surface area (Å²) in [5, 5.41) is 0. The number of hydrogen-bond acceptors (Lipinski definition) is 3. The van der Waals surface area contributed by atoms with Crippen molar-refractivity contribution in [1.82, 2.24) is 9.55 Å². The molecule has 0 radical (unpaired) electrons. The molecule has 4 nitrogen and oxygen atoms in total. The minimum atomic E-state index is -0.322. The molecule has 0 saturated carbocycles. The lowest BCUT2D eigenvalue weighted by molar-refractivity contribution is 0.609. The van der Waals surface area contributed by atoms with E-state index in [-0.39, 0.29) is 17.1 Å². The van der Waals surface area contributed by atoms with Crippen LogP contribution >= 0.6 is 0 Å². The first kappa shape index (κ1) is 17.8. The van der Waals surface area contributed by atoms with E-state index in [0.29, 0.717) is 23.4 Å². The number of aromatic nitrogens is 2. The van der Waals surface area contributed by atoms with Crippen molar-refractivity contribution in [2.24, 2.45) is 4.99 Å². The second-order valence-electron chi connectivity index (χ2n) is 6.28. The first-order chi connectivity index (χ1) is 12.6. The molecule has 0 spiro atoms. The lowest BCUT2D eigenvalue weighted by atomic mass is 10.1. The monoisotopic (exact) mass is 349 g/mol. The van der Waals surface area contributed by atoms with Crippen molar-refractivity contribution in [2.45, 2.75) is 39.2 Å². The number of hydrogen-bond donors (Lipinski definition) is 0. The summed E-state index contributed by atoms with van der Waals surface area (Å²) in [4.78, 5) is 21.2. The van der Waals surface area contributed by atoms with Gasteiger partial charge < -0.3 is 0 Å². The van der Waals surface area contributed by atoms with E-state index in [0.717, 1.165) is 31.5 Å². The molecular weight excluding hydrogens is 329 g/mol. The highest BCUT2D eigenvalue weighted by molar-refractivity contribution is 5.66. The SMILES string of the molecule is C=Nc1c(/C=C(\C)C#Cc2cccc(F)c2)nc2n(c1=O)CCCCC2. The number of benzene rings is 1. The van der Waals surface area contributed by atoms with E-state index in [2.05, 4.69) is 28.5 Å². The first-order valence-corrected chi connectivity index (χ1v) is 8.65. The quantitative estimate of drug-likeness (QED) is 0.610. The molecule has 0 saturated heterocycles. The second kappa shape index (κ2) is 7.92. The zero-order valence-corrected chi connectivity index (χ0v) is 14.8. The van der Waals surface area contributed by atoms with Crippen LogP contribution < -0.4 is 5.56 Å². The third-order valence-corrected chi connectivity index (χ3v) is 4.27. The van der Waals surface area contributed by atoms with Crippen molar-refractivity contribution in [3.63, 3.8) is 0 Å². The molecule has 0 atom stereocenters. The van der Waals surface area contributed by atoms with Crippen LogP contribution in [0.2, 0.25) is 0 Å². The Hall–Kier alpha value is -3.00. The molecule has 2 aromatic rings. The van der Waals surface area contributed by atoms with Crippen LogP contribution in [0.4, 0.5) is 10.1 Å². The summed E-state index contributed by atoms with van der Waals surface area (Å²) in [5.74, 6) is 6.35. The van der Waals surface area contributed by atoms with E-state index in [1.165, 1.54) is 12.1 Å². The second-order valence-corrected chi connectivity index (χ2v) is 6.28. The van der Waals surface area contributed by atoms with Crippen LogP contribution in [-0.4, -0.2) is 16.3 Å². The largest absolute Gasteiger partial charge is 0.295 e. The average Bonchev–Trinajstić information content (AvgIpc) is 2.86. The van der Waals surface area contributed by atoms with E-state index in [1.54, 1.807) is 22.8 Å². The average molecular weight is 349 g/mol. The van der Waals surface area contributed by atoms with Gasteiger partial charge in [-0.15, -0.1) is 0 Å². The summed E-state index contributed by atoms with van der Waals surface area (Å²) < 4.78 is 14.9. The van der Waals surface area contributed by atoms with Gasteiger partial charge in [-0.3, -0.25) is 14.4 Å². The Morgan fingerprint density at radius 1 is 1.38 bits per heavy atom. The van der Waals surface area contributed by atoms with Crippen LogP contribution in [0.1, 0.15) is 43.3 Å². The van der Waals surface area contributed by atoms with Gasteiger partial charge in [0.05, 0.1) is 5.69 Å². The molecule has 0 unspecified atom stereocenters. The van der Waals surface area contributed by atoms with Gasteiger partial charge in [-0.2, -0.15) is 0 Å². The van der Waals surface area contributed by atoms with Gasteiger partial charge in [0, 0.05) is 24.1 Å². The standard InChI is InChI=1S/C21H20FN3O/c1-15(10-11-16-7-6-8-17(22)14-16)13-18-20(23-2)21(26)25-12-5-3-4-9-19(25)24-18/h6-8,13-14H,2-5,9,12H2,1H3/b15-13+. The number of halogens is 1. The zero-order valence-electron chi connectivity index (χ0n) is 14.8. The van der Waals surface area contributed by atoms with Gasteiger partial charge in [-0.05, 0) is 50.8 Å². The molecule has 0 N–H and O–H groups in total. The maximum atomic E-state index is 13.2. The third kappa shape index (κ3) is 3.97. The summed E-state index contributed by atoms with van der Waals surface area (Å²) in [6.45, 7) is 6.02. The van der Waals surface area contributed by atoms with E-state index in [9.17, 15) is 9.18 Å². The van der Waals surface area contributed by atoms with Crippen LogP contribution in [0.5, 0.6) is 0 Å². The topological polar surface area (TPSA) is 47.2 Å². The molecule has 1 aliphatic rings. The Morgan fingerprint density at radius 3 is 3.00 bits per heavy atom. The van der Waals surface area contributed by atoms with Crippen LogP contribution in [-0.2, 0) is 13.0 Å². The van der Waals surface area contributed by atoms with Gasteiger partial charge in [0.1, 0.15) is 11.6 Å². The highest BCUT2D eigenvalue weighted by atomic mass is 19.1. The molecule has 26 heavy (non-hydrogen) atoms. The predicted octanol–water partition coefficient (Wildman–Crippen LogP) is 3.90. The highest BCUT2D eigenvalue weighted by Gasteiger charge is 2.16. The van der Waals surface area contributed by atoms with E-state index in [4.69, 9.17) is 0 Å². The van der Waals surface area contributed by atoms with Crippen molar-refractivity contribution < 1.29 is 4.39 Å². The predicted molar refractivity (Wildman–Crippen MR) is 102 cm³/mol. The van der Waals surface area contributed by atoms with Crippen LogP contribution in [0.25, 0.3) is 6.08 Å². The van der Waals surface area contributed by atoms with Gasteiger partial charge in [-0.1, -0.05) is 24.3 Å². The molecule has 3 rings (SSSR count). The molecule has 1 aromatic carbocycles. The van der Waals surface area contributed by atoms with Gasteiger partial charge in [0.15, 0.2) is 5.69 Å². The third-order valence-electron chi connectivity index (χ3n) is 4.27. The smallest absolute Gasteiger partial charge is 0.279 e. The zero-order chi connectivity index (χ0) is 18.5. The van der Waals surface area contributed by atoms with Crippen molar-refractivity contribution >= 4 is 18.5 Å². The normalized spacial score (nSPS) is 14.0. The first-order valence-electron chi connectivity index (χ1n) is 8.65. The van der Waals surface area contributed by atoms with Crippen LogP contribution in [0.15, 0.2) is 39.6 Å². The Labute approximate surface area is 152 Å². The lowest BCUT2D eigenvalue weighted by Crippen LogP contribution is -2.25. The van der Waals surface area contributed by atoms with Gasteiger partial charge in [0.2, 0.25) is 0 Å². The minimum Gasteiger partial charge on any atom is -0.295 e.